The van der Waals surface area contributed by atoms with Gasteiger partial charge in [0.15, 0.2) is 0 Å². The molecule has 2 unspecified atom stereocenters. The Morgan fingerprint density at radius 2 is 1.92 bits per heavy atom. The van der Waals surface area contributed by atoms with Gasteiger partial charge in [0, 0.05) is 12.5 Å². The Morgan fingerprint density at radius 1 is 1.33 bits per heavy atom. The molecule has 0 fully saturated rings. The lowest BCUT2D eigenvalue weighted by Gasteiger charge is -2.17. The van der Waals surface area contributed by atoms with Gasteiger partial charge in [0.05, 0.1) is 6.10 Å². The molecule has 2 heteroatoms. The molecule has 0 heterocycles. The van der Waals surface area contributed by atoms with Crippen molar-refractivity contribution in [3.63, 3.8) is 0 Å². The van der Waals surface area contributed by atoms with Gasteiger partial charge in [0.25, 0.3) is 0 Å². The maximum absolute atomic E-state index is 9.39. The largest absolute Gasteiger partial charge is 0.393 e. The van der Waals surface area contributed by atoms with E-state index in [1.165, 1.54) is 0 Å². The number of hydrogen-bond acceptors (Lipinski definition) is 2. The third-order valence-corrected chi connectivity index (χ3v) is 2.06. The van der Waals surface area contributed by atoms with E-state index in [9.17, 15) is 5.11 Å². The summed E-state index contributed by atoms with van der Waals surface area (Å²) in [7, 11) is 0. The van der Waals surface area contributed by atoms with Crippen LogP contribution >= 0.6 is 0 Å². The zero-order valence-electron chi connectivity index (χ0n) is 7.27. The van der Waals surface area contributed by atoms with E-state index in [1.807, 2.05) is 30.3 Å². The van der Waals surface area contributed by atoms with Crippen molar-refractivity contribution >= 4 is 0 Å². The summed E-state index contributed by atoms with van der Waals surface area (Å²) in [5.41, 5.74) is 6.65. The van der Waals surface area contributed by atoms with E-state index in [0.717, 1.165) is 5.56 Å². The molecule has 0 aliphatic rings. The Hall–Kier alpha value is -0.860. The molecule has 0 spiro atoms. The fourth-order valence-corrected chi connectivity index (χ4v) is 1.31. The molecule has 0 bridgehead atoms. The molecule has 0 amide bonds. The van der Waals surface area contributed by atoms with Crippen LogP contribution in [0.25, 0.3) is 0 Å². The van der Waals surface area contributed by atoms with Gasteiger partial charge in [-0.25, -0.2) is 0 Å². The fourth-order valence-electron chi connectivity index (χ4n) is 1.31. The highest BCUT2D eigenvalue weighted by molar-refractivity contribution is 5.20. The zero-order valence-corrected chi connectivity index (χ0v) is 7.27. The van der Waals surface area contributed by atoms with Crippen molar-refractivity contribution in [1.29, 1.82) is 0 Å². The van der Waals surface area contributed by atoms with Crippen molar-refractivity contribution in [3.8, 4) is 0 Å². The van der Waals surface area contributed by atoms with Gasteiger partial charge < -0.3 is 10.8 Å². The van der Waals surface area contributed by atoms with Crippen molar-refractivity contribution < 1.29 is 5.11 Å². The average molecular weight is 165 g/mol. The van der Waals surface area contributed by atoms with Crippen LogP contribution in [-0.4, -0.2) is 17.8 Å². The molecular formula is C10H15NO. The molecule has 66 valence electrons. The monoisotopic (exact) mass is 165 g/mol. The number of nitrogens with two attached hydrogens (primary N) is 1. The van der Waals surface area contributed by atoms with Gasteiger partial charge in [-0.1, -0.05) is 30.3 Å². The minimum absolute atomic E-state index is 0.0613. The Bertz CT molecular complexity index is 221. The molecule has 2 nitrogen and oxygen atoms in total. The van der Waals surface area contributed by atoms with E-state index >= 15 is 0 Å². The van der Waals surface area contributed by atoms with Crippen LogP contribution < -0.4 is 5.73 Å². The third kappa shape index (κ3) is 2.06. The first-order valence-corrected chi connectivity index (χ1v) is 4.18. The first-order chi connectivity index (χ1) is 5.75. The summed E-state index contributed by atoms with van der Waals surface area (Å²) in [5, 5.41) is 9.39. The second-order valence-corrected chi connectivity index (χ2v) is 2.99. The molecule has 0 saturated carbocycles. The molecule has 2 atom stereocenters. The van der Waals surface area contributed by atoms with E-state index in [-0.39, 0.29) is 12.0 Å². The van der Waals surface area contributed by atoms with Gasteiger partial charge in [-0.2, -0.15) is 0 Å². The Morgan fingerprint density at radius 3 is 2.33 bits per heavy atom. The molecular weight excluding hydrogens is 150 g/mol. The van der Waals surface area contributed by atoms with Gasteiger partial charge in [-0.3, -0.25) is 0 Å². The van der Waals surface area contributed by atoms with Crippen molar-refractivity contribution in [1.82, 2.24) is 0 Å². The summed E-state index contributed by atoms with van der Waals surface area (Å²) in [6.45, 7) is 2.26. The molecule has 0 saturated heterocycles. The predicted molar refractivity (Wildman–Crippen MR) is 49.9 cm³/mol. The van der Waals surface area contributed by atoms with Crippen LogP contribution in [0.1, 0.15) is 18.4 Å². The summed E-state index contributed by atoms with van der Waals surface area (Å²) in [6.07, 6.45) is -0.377. The first-order valence-electron chi connectivity index (χ1n) is 4.18. The minimum atomic E-state index is -0.377. The van der Waals surface area contributed by atoms with Crippen molar-refractivity contribution in [2.45, 2.75) is 18.9 Å². The maximum Gasteiger partial charge on any atom is 0.0592 e. The normalized spacial score (nSPS) is 15.6. The second kappa shape index (κ2) is 4.24. The smallest absolute Gasteiger partial charge is 0.0592 e. The Labute approximate surface area is 73.0 Å². The molecule has 1 aromatic rings. The van der Waals surface area contributed by atoms with Gasteiger partial charge in [-0.15, -0.1) is 0 Å². The Balaban J connectivity index is 2.80. The van der Waals surface area contributed by atoms with Crippen molar-refractivity contribution in [3.05, 3.63) is 35.9 Å². The van der Waals surface area contributed by atoms with Crippen molar-refractivity contribution in [2.24, 2.45) is 5.73 Å². The third-order valence-electron chi connectivity index (χ3n) is 2.06. The molecule has 1 rings (SSSR count). The molecule has 1 aromatic carbocycles. The predicted octanol–water partition coefficient (Wildman–Crippen LogP) is 1.11. The molecule has 0 aliphatic heterocycles. The topological polar surface area (TPSA) is 46.2 Å². The number of aliphatic hydroxyl groups is 1. The second-order valence-electron chi connectivity index (χ2n) is 2.99. The van der Waals surface area contributed by atoms with Gasteiger partial charge in [0.2, 0.25) is 0 Å². The van der Waals surface area contributed by atoms with E-state index < -0.39 is 0 Å². The molecule has 0 aromatic heterocycles. The van der Waals surface area contributed by atoms with Gasteiger partial charge in [0.1, 0.15) is 0 Å². The maximum atomic E-state index is 9.39. The lowest BCUT2D eigenvalue weighted by Crippen LogP contribution is -2.23. The highest BCUT2D eigenvalue weighted by Gasteiger charge is 2.14. The highest BCUT2D eigenvalue weighted by atomic mass is 16.3. The number of benzene rings is 1. The van der Waals surface area contributed by atoms with Crippen LogP contribution in [0.4, 0.5) is 0 Å². The summed E-state index contributed by atoms with van der Waals surface area (Å²) < 4.78 is 0. The highest BCUT2D eigenvalue weighted by Crippen LogP contribution is 2.17. The van der Waals surface area contributed by atoms with Crippen LogP contribution in [-0.2, 0) is 0 Å². The van der Waals surface area contributed by atoms with E-state index in [0.29, 0.717) is 6.54 Å². The van der Waals surface area contributed by atoms with Crippen LogP contribution in [0.15, 0.2) is 30.3 Å². The summed E-state index contributed by atoms with van der Waals surface area (Å²) in [5.74, 6) is 0.0613. The number of hydrogen-bond donors (Lipinski definition) is 2. The lowest BCUT2D eigenvalue weighted by molar-refractivity contribution is 0.164. The quantitative estimate of drug-likeness (QED) is 0.704. The summed E-state index contributed by atoms with van der Waals surface area (Å²) in [4.78, 5) is 0. The lowest BCUT2D eigenvalue weighted by atomic mass is 9.95. The summed E-state index contributed by atoms with van der Waals surface area (Å²) in [6, 6.07) is 9.86. The van der Waals surface area contributed by atoms with Crippen molar-refractivity contribution in [2.75, 3.05) is 6.54 Å². The van der Waals surface area contributed by atoms with Crippen LogP contribution in [0, 0.1) is 0 Å². The first kappa shape index (κ1) is 9.23. The SMILES string of the molecule is CC(O)C(CN)c1ccccc1. The minimum Gasteiger partial charge on any atom is -0.393 e. The van der Waals surface area contributed by atoms with E-state index in [4.69, 9.17) is 5.73 Å². The Kier molecular flexibility index (Phi) is 3.26. The van der Waals surface area contributed by atoms with E-state index in [1.54, 1.807) is 6.92 Å². The average Bonchev–Trinajstić information content (AvgIpc) is 2.07. The summed E-state index contributed by atoms with van der Waals surface area (Å²) >= 11 is 0. The fraction of sp³-hybridized carbons (Fsp3) is 0.400. The zero-order chi connectivity index (χ0) is 8.97. The van der Waals surface area contributed by atoms with Gasteiger partial charge in [-0.05, 0) is 12.5 Å². The number of rotatable bonds is 3. The van der Waals surface area contributed by atoms with Gasteiger partial charge >= 0.3 is 0 Å². The molecule has 0 radical (unpaired) electrons. The van der Waals surface area contributed by atoms with Crippen LogP contribution in [0.2, 0.25) is 0 Å². The number of aliphatic hydroxyl groups excluding tert-OH is 1. The molecule has 12 heavy (non-hydrogen) atoms. The standard InChI is InChI=1S/C10H15NO/c1-8(12)10(7-11)9-5-3-2-4-6-9/h2-6,8,10,12H,7,11H2,1H3. The molecule has 3 N–H and O–H groups in total. The van der Waals surface area contributed by atoms with Crippen LogP contribution in [0.3, 0.4) is 0 Å². The van der Waals surface area contributed by atoms with Crippen LogP contribution in [0.5, 0.6) is 0 Å². The molecule has 0 aliphatic carbocycles. The van der Waals surface area contributed by atoms with E-state index in [2.05, 4.69) is 0 Å².